The SMILES string of the molecule is CC(=O)c1ccc(S(=O)(=O)NC2CCSc3ccc(F)cc32)cc1. The van der Waals surface area contributed by atoms with Gasteiger partial charge >= 0.3 is 0 Å². The lowest BCUT2D eigenvalue weighted by Gasteiger charge is -2.25. The number of Topliss-reactive ketones (excluding diaryl/α,β-unsaturated/α-hetero) is 1. The summed E-state index contributed by atoms with van der Waals surface area (Å²) in [4.78, 5) is 12.3. The molecule has 0 aliphatic carbocycles. The van der Waals surface area contributed by atoms with Gasteiger partial charge in [-0.05, 0) is 55.0 Å². The van der Waals surface area contributed by atoms with Gasteiger partial charge in [-0.15, -0.1) is 11.8 Å². The zero-order valence-corrected chi connectivity index (χ0v) is 14.6. The fraction of sp³-hybridized carbons (Fsp3) is 0.235. The quantitative estimate of drug-likeness (QED) is 0.842. The third kappa shape index (κ3) is 3.53. The number of fused-ring (bicyclic) bond motifs is 1. The molecule has 4 nitrogen and oxygen atoms in total. The fourth-order valence-corrected chi connectivity index (χ4v) is 4.97. The normalized spacial score (nSPS) is 17.3. The van der Waals surface area contributed by atoms with E-state index < -0.39 is 16.1 Å². The van der Waals surface area contributed by atoms with Crippen LogP contribution in [0.1, 0.15) is 35.3 Å². The second-order valence-corrected chi connectivity index (χ2v) is 8.42. The Morgan fingerprint density at radius 1 is 1.21 bits per heavy atom. The van der Waals surface area contributed by atoms with E-state index in [1.807, 2.05) is 0 Å². The van der Waals surface area contributed by atoms with Gasteiger partial charge in [0, 0.05) is 16.5 Å². The molecule has 0 spiro atoms. The van der Waals surface area contributed by atoms with Gasteiger partial charge in [0.05, 0.1) is 4.90 Å². The Morgan fingerprint density at radius 3 is 2.58 bits per heavy atom. The molecular formula is C17H16FNO3S2. The third-order valence-corrected chi connectivity index (χ3v) is 6.49. The monoisotopic (exact) mass is 365 g/mol. The van der Waals surface area contributed by atoms with Crippen LogP contribution in [0.4, 0.5) is 4.39 Å². The number of sulfonamides is 1. The van der Waals surface area contributed by atoms with Crippen molar-refractivity contribution >= 4 is 27.6 Å². The van der Waals surface area contributed by atoms with Crippen LogP contribution in [0.15, 0.2) is 52.3 Å². The van der Waals surface area contributed by atoms with Crippen LogP contribution in [0.3, 0.4) is 0 Å². The van der Waals surface area contributed by atoms with E-state index in [1.165, 1.54) is 43.3 Å². The first-order chi connectivity index (χ1) is 11.4. The van der Waals surface area contributed by atoms with E-state index in [0.717, 1.165) is 10.6 Å². The molecule has 3 rings (SSSR count). The molecule has 1 heterocycles. The molecule has 1 aliphatic heterocycles. The van der Waals surface area contributed by atoms with Crippen LogP contribution < -0.4 is 4.72 Å². The molecule has 0 bridgehead atoms. The van der Waals surface area contributed by atoms with Crippen molar-refractivity contribution in [2.24, 2.45) is 0 Å². The van der Waals surface area contributed by atoms with Crippen LogP contribution in [0.2, 0.25) is 0 Å². The molecule has 0 saturated carbocycles. The van der Waals surface area contributed by atoms with Gasteiger partial charge in [0.15, 0.2) is 5.78 Å². The van der Waals surface area contributed by atoms with E-state index >= 15 is 0 Å². The van der Waals surface area contributed by atoms with E-state index in [2.05, 4.69) is 4.72 Å². The number of halogens is 1. The zero-order chi connectivity index (χ0) is 17.3. The molecule has 24 heavy (non-hydrogen) atoms. The first-order valence-electron chi connectivity index (χ1n) is 7.42. The number of benzene rings is 2. The Labute approximate surface area is 144 Å². The van der Waals surface area contributed by atoms with Crippen molar-refractivity contribution < 1.29 is 17.6 Å². The maximum Gasteiger partial charge on any atom is 0.241 e. The largest absolute Gasteiger partial charge is 0.295 e. The van der Waals surface area contributed by atoms with Crippen molar-refractivity contribution in [3.05, 3.63) is 59.4 Å². The van der Waals surface area contributed by atoms with Crippen LogP contribution in [-0.2, 0) is 10.0 Å². The molecule has 7 heteroatoms. The summed E-state index contributed by atoms with van der Waals surface area (Å²) in [7, 11) is -3.75. The lowest BCUT2D eigenvalue weighted by atomic mass is 10.0. The lowest BCUT2D eigenvalue weighted by molar-refractivity contribution is 0.101. The number of hydrogen-bond acceptors (Lipinski definition) is 4. The predicted octanol–water partition coefficient (Wildman–Crippen LogP) is 3.54. The Kier molecular flexibility index (Phi) is 4.76. The number of hydrogen-bond donors (Lipinski definition) is 1. The van der Waals surface area contributed by atoms with Crippen molar-refractivity contribution in [3.63, 3.8) is 0 Å². The molecule has 0 fully saturated rings. The highest BCUT2D eigenvalue weighted by Crippen LogP contribution is 2.37. The first kappa shape index (κ1) is 17.1. The summed E-state index contributed by atoms with van der Waals surface area (Å²) in [6, 6.07) is 9.76. The Morgan fingerprint density at radius 2 is 1.92 bits per heavy atom. The summed E-state index contributed by atoms with van der Waals surface area (Å²) in [6.45, 7) is 1.42. The minimum Gasteiger partial charge on any atom is -0.295 e. The number of carbonyl (C=O) groups is 1. The molecule has 0 amide bonds. The van der Waals surface area contributed by atoms with E-state index in [0.29, 0.717) is 17.5 Å². The van der Waals surface area contributed by atoms with Gasteiger partial charge in [0.25, 0.3) is 0 Å². The molecule has 1 N–H and O–H groups in total. The van der Waals surface area contributed by atoms with Crippen LogP contribution in [-0.4, -0.2) is 20.0 Å². The highest BCUT2D eigenvalue weighted by molar-refractivity contribution is 7.99. The standard InChI is InChI=1S/C17H16FNO3S2/c1-11(20)12-2-5-14(6-3-12)24(21,22)19-16-8-9-23-17-7-4-13(18)10-15(16)17/h2-7,10,16,19H,8-9H2,1H3. The first-order valence-corrected chi connectivity index (χ1v) is 9.89. The number of carbonyl (C=O) groups excluding carboxylic acids is 1. The molecule has 2 aromatic carbocycles. The molecular weight excluding hydrogens is 349 g/mol. The second kappa shape index (κ2) is 6.66. The van der Waals surface area contributed by atoms with Gasteiger partial charge in [0.2, 0.25) is 10.0 Å². The van der Waals surface area contributed by atoms with Gasteiger partial charge in [-0.1, -0.05) is 12.1 Å². The van der Waals surface area contributed by atoms with E-state index in [9.17, 15) is 17.6 Å². The average molecular weight is 365 g/mol. The number of rotatable bonds is 4. The molecule has 1 unspecified atom stereocenters. The van der Waals surface area contributed by atoms with Gasteiger partial charge in [-0.25, -0.2) is 17.5 Å². The molecule has 0 aromatic heterocycles. The van der Waals surface area contributed by atoms with E-state index in [4.69, 9.17) is 0 Å². The number of thioether (sulfide) groups is 1. The molecule has 0 saturated heterocycles. The van der Waals surface area contributed by atoms with Crippen molar-refractivity contribution in [1.82, 2.24) is 4.72 Å². The lowest BCUT2D eigenvalue weighted by Crippen LogP contribution is -2.30. The summed E-state index contributed by atoms with van der Waals surface area (Å²) in [6.07, 6.45) is 0.589. The van der Waals surface area contributed by atoms with Gasteiger partial charge < -0.3 is 0 Å². The number of nitrogens with one attached hydrogen (secondary N) is 1. The summed E-state index contributed by atoms with van der Waals surface area (Å²) in [5.41, 5.74) is 1.12. The minimum atomic E-state index is -3.75. The summed E-state index contributed by atoms with van der Waals surface area (Å²) in [5.74, 6) is 0.251. The van der Waals surface area contributed by atoms with Crippen molar-refractivity contribution in [1.29, 1.82) is 0 Å². The summed E-state index contributed by atoms with van der Waals surface area (Å²) >= 11 is 1.59. The zero-order valence-electron chi connectivity index (χ0n) is 13.0. The second-order valence-electron chi connectivity index (χ2n) is 5.57. The van der Waals surface area contributed by atoms with Crippen LogP contribution in [0.5, 0.6) is 0 Å². The van der Waals surface area contributed by atoms with Crippen LogP contribution >= 0.6 is 11.8 Å². The molecule has 2 aromatic rings. The Hall–Kier alpha value is -1.70. The highest BCUT2D eigenvalue weighted by atomic mass is 32.2. The van der Waals surface area contributed by atoms with Gasteiger partial charge in [0.1, 0.15) is 5.82 Å². The van der Waals surface area contributed by atoms with Crippen molar-refractivity contribution in [3.8, 4) is 0 Å². The van der Waals surface area contributed by atoms with Crippen molar-refractivity contribution in [2.75, 3.05) is 5.75 Å². The topological polar surface area (TPSA) is 63.2 Å². The minimum absolute atomic E-state index is 0.0867. The molecule has 126 valence electrons. The fourth-order valence-electron chi connectivity index (χ4n) is 2.61. The van der Waals surface area contributed by atoms with Gasteiger partial charge in [-0.2, -0.15) is 0 Å². The maximum atomic E-state index is 13.5. The molecule has 0 radical (unpaired) electrons. The highest BCUT2D eigenvalue weighted by Gasteiger charge is 2.26. The van der Waals surface area contributed by atoms with Gasteiger partial charge in [-0.3, -0.25) is 4.79 Å². The van der Waals surface area contributed by atoms with E-state index in [1.54, 1.807) is 17.8 Å². The third-order valence-electron chi connectivity index (χ3n) is 3.88. The smallest absolute Gasteiger partial charge is 0.241 e. The van der Waals surface area contributed by atoms with Crippen LogP contribution in [0.25, 0.3) is 0 Å². The number of ketones is 1. The molecule has 1 atom stereocenters. The van der Waals surface area contributed by atoms with E-state index in [-0.39, 0.29) is 16.5 Å². The summed E-state index contributed by atoms with van der Waals surface area (Å²) < 4.78 is 41.3. The predicted molar refractivity (Wildman–Crippen MR) is 91.3 cm³/mol. The van der Waals surface area contributed by atoms with Crippen molar-refractivity contribution in [2.45, 2.75) is 29.2 Å². The Balaban J connectivity index is 1.88. The Bertz CT molecular complexity index is 879. The molecule has 1 aliphatic rings. The van der Waals surface area contributed by atoms with Crippen LogP contribution in [0, 0.1) is 5.82 Å². The maximum absolute atomic E-state index is 13.5. The summed E-state index contributed by atoms with van der Waals surface area (Å²) in [5, 5.41) is 0. The average Bonchev–Trinajstić information content (AvgIpc) is 2.55.